The third kappa shape index (κ3) is 3.80. The van der Waals surface area contributed by atoms with E-state index in [1.807, 2.05) is 58.2 Å². The molecular weight excluding hydrogens is 365 g/mol. The van der Waals surface area contributed by atoms with Crippen LogP contribution in [0.2, 0.25) is 0 Å². The number of anilines is 1. The number of piperazine rings is 1. The van der Waals surface area contributed by atoms with Crippen LogP contribution in [0.1, 0.15) is 45.0 Å². The summed E-state index contributed by atoms with van der Waals surface area (Å²) >= 11 is 0. The van der Waals surface area contributed by atoms with Crippen LogP contribution in [0.15, 0.2) is 42.6 Å². The molecule has 1 aromatic carbocycles. The van der Waals surface area contributed by atoms with Crippen LogP contribution in [0.4, 0.5) is 5.69 Å². The number of hydrogen-bond donors (Lipinski definition) is 2. The number of aliphatic hydroxyl groups excluding tert-OH is 1. The van der Waals surface area contributed by atoms with Gasteiger partial charge >= 0.3 is 7.12 Å². The van der Waals surface area contributed by atoms with Crippen molar-refractivity contribution < 1.29 is 14.4 Å². The van der Waals surface area contributed by atoms with Gasteiger partial charge in [0.05, 0.1) is 29.5 Å². The Morgan fingerprint density at radius 1 is 1.17 bits per heavy atom. The molecule has 2 aliphatic rings. The number of hydrogen-bond acceptors (Lipinski definition) is 6. The largest absolute Gasteiger partial charge is 0.494 e. The van der Waals surface area contributed by atoms with E-state index in [0.717, 1.165) is 42.0 Å². The molecule has 2 aliphatic heterocycles. The molecule has 2 saturated heterocycles. The van der Waals surface area contributed by atoms with Gasteiger partial charge in [0.15, 0.2) is 0 Å². The molecule has 1 unspecified atom stereocenters. The zero-order valence-corrected chi connectivity index (χ0v) is 17.7. The number of nitrogens with zero attached hydrogens (tertiary/aromatic N) is 2. The van der Waals surface area contributed by atoms with E-state index in [4.69, 9.17) is 9.31 Å². The second-order valence-electron chi connectivity index (χ2n) is 8.80. The maximum atomic E-state index is 10.1. The molecule has 7 heteroatoms. The molecule has 154 valence electrons. The SMILES string of the molecule is CC1(C)OB(c2ccc(N3CCNCC3c3ccccn3)c(CO)c2)OC1(C)C. The second-order valence-corrected chi connectivity index (χ2v) is 8.80. The van der Waals surface area contributed by atoms with Gasteiger partial charge in [-0.3, -0.25) is 4.98 Å². The van der Waals surface area contributed by atoms with Crippen LogP contribution >= 0.6 is 0 Å². The molecule has 2 fully saturated rings. The van der Waals surface area contributed by atoms with Crippen molar-refractivity contribution in [3.05, 3.63) is 53.9 Å². The third-order valence-corrected chi connectivity index (χ3v) is 6.38. The van der Waals surface area contributed by atoms with Crippen molar-refractivity contribution in [1.29, 1.82) is 0 Å². The van der Waals surface area contributed by atoms with Crippen LogP contribution in [0.5, 0.6) is 0 Å². The molecule has 0 spiro atoms. The van der Waals surface area contributed by atoms with Crippen molar-refractivity contribution in [1.82, 2.24) is 10.3 Å². The fourth-order valence-corrected chi connectivity index (χ4v) is 3.97. The number of aromatic nitrogens is 1. The highest BCUT2D eigenvalue weighted by atomic mass is 16.7. The van der Waals surface area contributed by atoms with Crippen LogP contribution in [-0.2, 0) is 15.9 Å². The summed E-state index contributed by atoms with van der Waals surface area (Å²) < 4.78 is 12.4. The molecule has 1 aromatic heterocycles. The molecule has 0 bridgehead atoms. The molecule has 6 nitrogen and oxygen atoms in total. The lowest BCUT2D eigenvalue weighted by Crippen LogP contribution is -2.47. The first-order valence-electron chi connectivity index (χ1n) is 10.3. The molecule has 4 rings (SSSR count). The van der Waals surface area contributed by atoms with E-state index in [0.29, 0.717) is 0 Å². The molecule has 29 heavy (non-hydrogen) atoms. The normalized spacial score (nSPS) is 23.4. The van der Waals surface area contributed by atoms with E-state index >= 15 is 0 Å². The average Bonchev–Trinajstić information content (AvgIpc) is 2.95. The molecule has 1 atom stereocenters. The minimum Gasteiger partial charge on any atom is -0.399 e. The van der Waals surface area contributed by atoms with Crippen molar-refractivity contribution >= 4 is 18.3 Å². The predicted octanol–water partition coefficient (Wildman–Crippen LogP) is 2.02. The van der Waals surface area contributed by atoms with Gasteiger partial charge in [0.1, 0.15) is 0 Å². The van der Waals surface area contributed by atoms with E-state index in [1.165, 1.54) is 0 Å². The fourth-order valence-electron chi connectivity index (χ4n) is 3.97. The summed E-state index contributed by atoms with van der Waals surface area (Å²) in [5.74, 6) is 0. The Kier molecular flexibility index (Phi) is 5.42. The fraction of sp³-hybridized carbons (Fsp3) is 0.500. The van der Waals surface area contributed by atoms with Gasteiger partial charge in [-0.05, 0) is 51.4 Å². The van der Waals surface area contributed by atoms with E-state index in [1.54, 1.807) is 0 Å². The smallest absolute Gasteiger partial charge is 0.399 e. The molecule has 0 saturated carbocycles. The number of nitrogens with one attached hydrogen (secondary N) is 1. The Hall–Kier alpha value is -1.93. The third-order valence-electron chi connectivity index (χ3n) is 6.38. The van der Waals surface area contributed by atoms with Crippen LogP contribution in [0.3, 0.4) is 0 Å². The maximum absolute atomic E-state index is 10.1. The van der Waals surface area contributed by atoms with Gasteiger partial charge in [0.2, 0.25) is 0 Å². The Morgan fingerprint density at radius 2 is 1.93 bits per heavy atom. The lowest BCUT2D eigenvalue weighted by atomic mass is 9.78. The van der Waals surface area contributed by atoms with E-state index in [-0.39, 0.29) is 12.6 Å². The first-order valence-corrected chi connectivity index (χ1v) is 10.3. The summed E-state index contributed by atoms with van der Waals surface area (Å²) in [5.41, 5.74) is 3.08. The van der Waals surface area contributed by atoms with Crippen LogP contribution in [0.25, 0.3) is 0 Å². The van der Waals surface area contributed by atoms with Gasteiger partial charge in [0, 0.05) is 37.1 Å². The lowest BCUT2D eigenvalue weighted by molar-refractivity contribution is 0.00578. The molecule has 2 N–H and O–H groups in total. The first-order chi connectivity index (χ1) is 13.8. The average molecular weight is 395 g/mol. The quantitative estimate of drug-likeness (QED) is 0.773. The topological polar surface area (TPSA) is 66.9 Å². The summed E-state index contributed by atoms with van der Waals surface area (Å²) in [5, 5.41) is 13.6. The molecule has 3 heterocycles. The monoisotopic (exact) mass is 395 g/mol. The maximum Gasteiger partial charge on any atom is 0.494 e. The molecule has 0 amide bonds. The molecular formula is C22H30BN3O3. The van der Waals surface area contributed by atoms with Crippen molar-refractivity contribution in [2.75, 3.05) is 24.5 Å². The summed E-state index contributed by atoms with van der Waals surface area (Å²) in [6, 6.07) is 12.3. The summed E-state index contributed by atoms with van der Waals surface area (Å²) in [4.78, 5) is 6.89. The minimum atomic E-state index is -0.436. The van der Waals surface area contributed by atoms with E-state index < -0.39 is 18.3 Å². The van der Waals surface area contributed by atoms with Crippen LogP contribution < -0.4 is 15.7 Å². The van der Waals surface area contributed by atoms with Gasteiger partial charge in [-0.25, -0.2) is 0 Å². The van der Waals surface area contributed by atoms with Gasteiger partial charge in [-0.1, -0.05) is 18.2 Å². The minimum absolute atomic E-state index is 0.0401. The predicted molar refractivity (Wildman–Crippen MR) is 115 cm³/mol. The van der Waals surface area contributed by atoms with Crippen LogP contribution in [0, 0.1) is 0 Å². The standard InChI is InChI=1S/C22H30BN3O3/c1-21(2)22(3,4)29-23(28-21)17-8-9-19(16(13-17)15-27)26-12-11-24-14-20(26)18-7-5-6-10-25-18/h5-10,13,20,24,27H,11-12,14-15H2,1-4H3. The Labute approximate surface area is 173 Å². The highest BCUT2D eigenvalue weighted by molar-refractivity contribution is 6.62. The highest BCUT2D eigenvalue weighted by Gasteiger charge is 2.51. The Balaban J connectivity index is 1.65. The van der Waals surface area contributed by atoms with Crippen molar-refractivity contribution in [2.24, 2.45) is 0 Å². The molecule has 0 aliphatic carbocycles. The zero-order valence-electron chi connectivity index (χ0n) is 17.7. The first kappa shape index (κ1) is 20.4. The van der Waals surface area contributed by atoms with Crippen molar-refractivity contribution in [2.45, 2.75) is 51.5 Å². The van der Waals surface area contributed by atoms with Crippen molar-refractivity contribution in [3.63, 3.8) is 0 Å². The molecule has 2 aromatic rings. The number of aliphatic hydroxyl groups is 1. The lowest BCUT2D eigenvalue weighted by Gasteiger charge is -2.38. The number of pyridine rings is 1. The summed E-state index contributed by atoms with van der Waals surface area (Å²) in [7, 11) is -0.436. The van der Waals surface area contributed by atoms with Crippen molar-refractivity contribution in [3.8, 4) is 0 Å². The van der Waals surface area contributed by atoms with Gasteiger partial charge in [-0.2, -0.15) is 0 Å². The van der Waals surface area contributed by atoms with Crippen LogP contribution in [-0.4, -0.2) is 48.0 Å². The Morgan fingerprint density at radius 3 is 2.59 bits per heavy atom. The zero-order chi connectivity index (χ0) is 20.6. The number of benzene rings is 1. The summed E-state index contributed by atoms with van der Waals surface area (Å²) in [6.07, 6.45) is 1.83. The Bertz CT molecular complexity index is 844. The van der Waals surface area contributed by atoms with E-state index in [9.17, 15) is 5.11 Å². The number of rotatable bonds is 4. The summed E-state index contributed by atoms with van der Waals surface area (Å²) in [6.45, 7) is 10.7. The van der Waals surface area contributed by atoms with E-state index in [2.05, 4.69) is 27.3 Å². The van der Waals surface area contributed by atoms with Gasteiger partial charge in [-0.15, -0.1) is 0 Å². The molecule has 0 radical (unpaired) electrons. The second kappa shape index (κ2) is 7.72. The van der Waals surface area contributed by atoms with Gasteiger partial charge < -0.3 is 24.6 Å². The highest BCUT2D eigenvalue weighted by Crippen LogP contribution is 2.37. The van der Waals surface area contributed by atoms with Gasteiger partial charge in [0.25, 0.3) is 0 Å².